The van der Waals surface area contributed by atoms with Crippen LogP contribution in [0.1, 0.15) is 24.3 Å². The van der Waals surface area contributed by atoms with Crippen LogP contribution in [-0.2, 0) is 0 Å². The van der Waals surface area contributed by atoms with Crippen molar-refractivity contribution in [3.8, 4) is 0 Å². The summed E-state index contributed by atoms with van der Waals surface area (Å²) in [4.78, 5) is 16.3. The Kier molecular flexibility index (Phi) is 3.74. The average molecular weight is 211 g/mol. The normalized spacial score (nSPS) is 10.7. The average Bonchev–Trinajstić information content (AvgIpc) is 2.59. The third-order valence-electron chi connectivity index (χ3n) is 2.16. The number of carbonyl (C=O) groups excluding carboxylic acids is 1. The Morgan fingerprint density at radius 3 is 2.73 bits per heavy atom. The summed E-state index contributed by atoms with van der Waals surface area (Å²) in [5.41, 5.74) is 6.50. The summed E-state index contributed by atoms with van der Waals surface area (Å²) in [5, 5.41) is 8.86. The summed E-state index contributed by atoms with van der Waals surface area (Å²) in [6.07, 6.45) is 1.57. The van der Waals surface area contributed by atoms with Crippen LogP contribution in [0.2, 0.25) is 0 Å². The van der Waals surface area contributed by atoms with Crippen molar-refractivity contribution in [3.63, 3.8) is 0 Å². The van der Waals surface area contributed by atoms with Gasteiger partial charge in [-0.2, -0.15) is 0 Å². The van der Waals surface area contributed by atoms with Crippen molar-refractivity contribution < 1.29 is 9.90 Å². The predicted molar refractivity (Wildman–Crippen MR) is 58.5 cm³/mol. The summed E-state index contributed by atoms with van der Waals surface area (Å²) in [6.45, 7) is 4.09. The standard InChI is InChI=1S/C10H17N3O2/c1-7(2)13(3-4-14)10(15)9-5-8(11)6-12-9/h5-7,12,14H,3-4,11H2,1-2H3. The van der Waals surface area contributed by atoms with Gasteiger partial charge in [-0.05, 0) is 19.9 Å². The first-order valence-corrected chi connectivity index (χ1v) is 4.92. The zero-order valence-corrected chi connectivity index (χ0v) is 9.03. The molecule has 15 heavy (non-hydrogen) atoms. The molecule has 4 N–H and O–H groups in total. The molecule has 5 nitrogen and oxygen atoms in total. The van der Waals surface area contributed by atoms with Crippen LogP contribution in [0.5, 0.6) is 0 Å². The molecule has 1 rings (SSSR count). The maximum Gasteiger partial charge on any atom is 0.270 e. The Bertz CT molecular complexity index is 333. The monoisotopic (exact) mass is 211 g/mol. The number of nitrogens with zero attached hydrogens (tertiary/aromatic N) is 1. The van der Waals surface area contributed by atoms with Crippen molar-refractivity contribution in [2.24, 2.45) is 0 Å². The van der Waals surface area contributed by atoms with Gasteiger partial charge in [0.1, 0.15) is 5.69 Å². The van der Waals surface area contributed by atoms with E-state index in [9.17, 15) is 4.79 Å². The van der Waals surface area contributed by atoms with Crippen LogP contribution in [0.25, 0.3) is 0 Å². The van der Waals surface area contributed by atoms with Gasteiger partial charge in [0, 0.05) is 24.5 Å². The van der Waals surface area contributed by atoms with Crippen LogP contribution in [0.15, 0.2) is 12.3 Å². The summed E-state index contributed by atoms with van der Waals surface area (Å²) < 4.78 is 0. The van der Waals surface area contributed by atoms with Crippen molar-refractivity contribution in [3.05, 3.63) is 18.0 Å². The lowest BCUT2D eigenvalue weighted by Gasteiger charge is -2.25. The molecular formula is C10H17N3O2. The zero-order chi connectivity index (χ0) is 11.4. The number of H-pyrrole nitrogens is 1. The van der Waals surface area contributed by atoms with Crippen LogP contribution in [0.3, 0.4) is 0 Å². The molecule has 0 aliphatic rings. The molecule has 1 amide bonds. The SMILES string of the molecule is CC(C)N(CCO)C(=O)c1cc(N)c[nH]1. The van der Waals surface area contributed by atoms with Crippen LogP contribution in [0, 0.1) is 0 Å². The van der Waals surface area contributed by atoms with Crippen LogP contribution >= 0.6 is 0 Å². The highest BCUT2D eigenvalue weighted by molar-refractivity contribution is 5.93. The van der Waals surface area contributed by atoms with E-state index in [0.717, 1.165) is 0 Å². The lowest BCUT2D eigenvalue weighted by atomic mass is 10.2. The molecule has 0 saturated heterocycles. The molecule has 0 unspecified atom stereocenters. The van der Waals surface area contributed by atoms with Gasteiger partial charge in [-0.25, -0.2) is 0 Å². The molecule has 1 heterocycles. The number of amides is 1. The summed E-state index contributed by atoms with van der Waals surface area (Å²) in [5.74, 6) is -0.143. The number of aromatic nitrogens is 1. The Labute approximate surface area is 88.9 Å². The van der Waals surface area contributed by atoms with Crippen molar-refractivity contribution in [2.75, 3.05) is 18.9 Å². The smallest absolute Gasteiger partial charge is 0.270 e. The highest BCUT2D eigenvalue weighted by Gasteiger charge is 2.19. The molecule has 0 aliphatic heterocycles. The van der Waals surface area contributed by atoms with E-state index in [1.165, 1.54) is 0 Å². The van der Waals surface area contributed by atoms with Gasteiger partial charge >= 0.3 is 0 Å². The number of hydrogen-bond donors (Lipinski definition) is 3. The number of aliphatic hydroxyl groups is 1. The molecule has 1 aromatic rings. The lowest BCUT2D eigenvalue weighted by molar-refractivity contribution is 0.0660. The second-order valence-corrected chi connectivity index (χ2v) is 3.66. The van der Waals surface area contributed by atoms with E-state index in [1.807, 2.05) is 13.8 Å². The minimum absolute atomic E-state index is 0.0416. The topological polar surface area (TPSA) is 82.3 Å². The van der Waals surface area contributed by atoms with E-state index in [1.54, 1.807) is 17.2 Å². The number of aliphatic hydroxyl groups excluding tert-OH is 1. The van der Waals surface area contributed by atoms with Crippen LogP contribution in [-0.4, -0.2) is 40.1 Å². The molecular weight excluding hydrogens is 194 g/mol. The Hall–Kier alpha value is -1.49. The fraction of sp³-hybridized carbons (Fsp3) is 0.500. The van der Waals surface area contributed by atoms with E-state index in [-0.39, 0.29) is 18.6 Å². The molecule has 0 saturated carbocycles. The second kappa shape index (κ2) is 4.84. The molecule has 0 fully saturated rings. The Morgan fingerprint density at radius 2 is 2.33 bits per heavy atom. The van der Waals surface area contributed by atoms with Crippen LogP contribution in [0.4, 0.5) is 5.69 Å². The van der Waals surface area contributed by atoms with Crippen molar-refractivity contribution in [2.45, 2.75) is 19.9 Å². The molecule has 0 aliphatic carbocycles. The van der Waals surface area contributed by atoms with Gasteiger partial charge in [0.2, 0.25) is 0 Å². The zero-order valence-electron chi connectivity index (χ0n) is 9.03. The molecule has 0 radical (unpaired) electrons. The van der Waals surface area contributed by atoms with E-state index >= 15 is 0 Å². The minimum atomic E-state index is -0.143. The van der Waals surface area contributed by atoms with Gasteiger partial charge in [-0.15, -0.1) is 0 Å². The second-order valence-electron chi connectivity index (χ2n) is 3.66. The van der Waals surface area contributed by atoms with Crippen molar-refractivity contribution in [1.29, 1.82) is 0 Å². The van der Waals surface area contributed by atoms with Crippen molar-refractivity contribution >= 4 is 11.6 Å². The third-order valence-corrected chi connectivity index (χ3v) is 2.16. The molecule has 0 aromatic carbocycles. The summed E-state index contributed by atoms with van der Waals surface area (Å²) in [6, 6.07) is 1.64. The number of anilines is 1. The lowest BCUT2D eigenvalue weighted by Crippen LogP contribution is -2.39. The molecule has 84 valence electrons. The third kappa shape index (κ3) is 2.73. The van der Waals surface area contributed by atoms with Gasteiger partial charge in [0.15, 0.2) is 0 Å². The maximum absolute atomic E-state index is 11.9. The number of nitrogen functional groups attached to an aromatic ring is 1. The minimum Gasteiger partial charge on any atom is -0.397 e. The Morgan fingerprint density at radius 1 is 1.67 bits per heavy atom. The summed E-state index contributed by atoms with van der Waals surface area (Å²) >= 11 is 0. The first-order valence-electron chi connectivity index (χ1n) is 4.92. The number of hydrogen-bond acceptors (Lipinski definition) is 3. The Balaban J connectivity index is 2.80. The van der Waals surface area contributed by atoms with Gasteiger partial charge in [0.05, 0.1) is 6.61 Å². The highest BCUT2D eigenvalue weighted by Crippen LogP contribution is 2.10. The van der Waals surface area contributed by atoms with Crippen molar-refractivity contribution in [1.82, 2.24) is 9.88 Å². The van der Waals surface area contributed by atoms with Gasteiger partial charge < -0.3 is 20.7 Å². The molecule has 1 aromatic heterocycles. The molecule has 0 spiro atoms. The highest BCUT2D eigenvalue weighted by atomic mass is 16.3. The molecule has 5 heteroatoms. The van der Waals surface area contributed by atoms with E-state index in [4.69, 9.17) is 10.8 Å². The number of nitrogens with one attached hydrogen (secondary N) is 1. The number of carbonyl (C=O) groups is 1. The first kappa shape index (κ1) is 11.6. The van der Waals surface area contributed by atoms with Gasteiger partial charge in [-0.3, -0.25) is 4.79 Å². The van der Waals surface area contributed by atoms with E-state index < -0.39 is 0 Å². The number of aromatic amines is 1. The quantitative estimate of drug-likeness (QED) is 0.675. The van der Waals surface area contributed by atoms with Gasteiger partial charge in [-0.1, -0.05) is 0 Å². The molecule has 0 bridgehead atoms. The number of rotatable bonds is 4. The predicted octanol–water partition coefficient (Wildman–Crippen LogP) is 0.440. The summed E-state index contributed by atoms with van der Waals surface area (Å²) in [7, 11) is 0. The first-order chi connectivity index (χ1) is 7.06. The fourth-order valence-corrected chi connectivity index (χ4v) is 1.39. The maximum atomic E-state index is 11.9. The van der Waals surface area contributed by atoms with E-state index in [2.05, 4.69) is 4.98 Å². The van der Waals surface area contributed by atoms with E-state index in [0.29, 0.717) is 17.9 Å². The molecule has 0 atom stereocenters. The number of nitrogens with two attached hydrogens (primary N) is 1. The fourth-order valence-electron chi connectivity index (χ4n) is 1.39. The largest absolute Gasteiger partial charge is 0.397 e. The van der Waals surface area contributed by atoms with Gasteiger partial charge in [0.25, 0.3) is 5.91 Å². The van der Waals surface area contributed by atoms with Crippen LogP contribution < -0.4 is 5.73 Å².